The first-order chi connectivity index (χ1) is 7.09. The average molecular weight is 244 g/mol. The van der Waals surface area contributed by atoms with Crippen LogP contribution in [-0.4, -0.2) is 15.6 Å². The minimum absolute atomic E-state index is 0.121. The third-order valence-electron chi connectivity index (χ3n) is 2.11. The zero-order valence-electron chi connectivity index (χ0n) is 7.58. The number of aromatic nitrogens is 1. The molecule has 3 nitrogen and oxygen atoms in total. The fourth-order valence-corrected chi connectivity index (χ4v) is 2.17. The van der Waals surface area contributed by atoms with E-state index in [9.17, 15) is 4.79 Å². The van der Waals surface area contributed by atoms with Crippen LogP contribution in [0.15, 0.2) is 24.4 Å². The van der Waals surface area contributed by atoms with E-state index in [0.29, 0.717) is 15.4 Å². The zero-order chi connectivity index (χ0) is 11.0. The molecular weight excluding hydrogens is 237 g/mol. The molecule has 0 radical (unpaired) electrons. The molecule has 2 aromatic rings. The van der Waals surface area contributed by atoms with Crippen molar-refractivity contribution < 1.29 is 9.90 Å². The zero-order valence-corrected chi connectivity index (χ0v) is 9.09. The van der Waals surface area contributed by atoms with Crippen molar-refractivity contribution in [2.45, 2.75) is 6.54 Å². The van der Waals surface area contributed by atoms with Crippen molar-refractivity contribution in [2.24, 2.45) is 0 Å². The summed E-state index contributed by atoms with van der Waals surface area (Å²) in [7, 11) is 0. The summed E-state index contributed by atoms with van der Waals surface area (Å²) in [6.45, 7) is -0.121. The number of nitrogens with zero attached hydrogens (tertiary/aromatic N) is 1. The molecule has 1 heterocycles. The van der Waals surface area contributed by atoms with Crippen molar-refractivity contribution in [1.29, 1.82) is 0 Å². The van der Waals surface area contributed by atoms with Crippen LogP contribution in [-0.2, 0) is 11.3 Å². The molecule has 0 aliphatic heterocycles. The molecule has 78 valence electrons. The Bertz CT molecular complexity index is 533. The highest BCUT2D eigenvalue weighted by molar-refractivity contribution is 6.42. The summed E-state index contributed by atoms with van der Waals surface area (Å²) < 4.78 is 1.56. The molecule has 0 atom stereocenters. The van der Waals surface area contributed by atoms with Crippen LogP contribution in [0, 0.1) is 0 Å². The first-order valence-corrected chi connectivity index (χ1v) is 5.00. The van der Waals surface area contributed by atoms with Crippen molar-refractivity contribution in [3.63, 3.8) is 0 Å². The van der Waals surface area contributed by atoms with Gasteiger partial charge in [-0.25, -0.2) is 0 Å². The minimum Gasteiger partial charge on any atom is -0.480 e. The number of carbonyl (C=O) groups is 1. The first kappa shape index (κ1) is 10.3. The smallest absolute Gasteiger partial charge is 0.323 e. The summed E-state index contributed by atoms with van der Waals surface area (Å²) in [6, 6.07) is 5.27. The number of carboxylic acids is 1. The number of hydrogen-bond donors (Lipinski definition) is 1. The predicted molar refractivity (Wildman–Crippen MR) is 59.6 cm³/mol. The lowest BCUT2D eigenvalue weighted by atomic mass is 10.2. The van der Waals surface area contributed by atoms with E-state index in [4.69, 9.17) is 28.3 Å². The SMILES string of the molecule is O=C(O)Cn1cc(Cl)c2c(Cl)cccc21. The van der Waals surface area contributed by atoms with Crippen molar-refractivity contribution in [1.82, 2.24) is 4.57 Å². The summed E-state index contributed by atoms with van der Waals surface area (Å²) in [5.74, 6) is -0.913. The van der Waals surface area contributed by atoms with E-state index in [1.54, 1.807) is 29.0 Å². The molecule has 2 rings (SSSR count). The summed E-state index contributed by atoms with van der Waals surface area (Å²) >= 11 is 11.9. The van der Waals surface area contributed by atoms with E-state index in [-0.39, 0.29) is 6.54 Å². The Balaban J connectivity index is 2.68. The molecule has 0 saturated carbocycles. The highest BCUT2D eigenvalue weighted by Crippen LogP contribution is 2.31. The number of halogens is 2. The maximum absolute atomic E-state index is 10.6. The van der Waals surface area contributed by atoms with Crippen molar-refractivity contribution in [3.05, 3.63) is 34.4 Å². The predicted octanol–water partition coefficient (Wildman–Crippen LogP) is 3.03. The first-order valence-electron chi connectivity index (χ1n) is 4.24. The van der Waals surface area contributed by atoms with E-state index in [1.165, 1.54) is 0 Å². The molecule has 0 amide bonds. The lowest BCUT2D eigenvalue weighted by Crippen LogP contribution is -2.07. The number of fused-ring (bicyclic) bond motifs is 1. The fraction of sp³-hybridized carbons (Fsp3) is 0.100. The van der Waals surface area contributed by atoms with E-state index >= 15 is 0 Å². The molecule has 1 aromatic carbocycles. The highest BCUT2D eigenvalue weighted by atomic mass is 35.5. The maximum Gasteiger partial charge on any atom is 0.323 e. The maximum atomic E-state index is 10.6. The molecule has 0 fully saturated rings. The van der Waals surface area contributed by atoms with Gasteiger partial charge in [0.15, 0.2) is 0 Å². The third-order valence-corrected chi connectivity index (χ3v) is 2.72. The number of hydrogen-bond acceptors (Lipinski definition) is 1. The van der Waals surface area contributed by atoms with Gasteiger partial charge in [-0.1, -0.05) is 29.3 Å². The number of rotatable bonds is 2. The van der Waals surface area contributed by atoms with Gasteiger partial charge in [-0.3, -0.25) is 4.79 Å². The molecule has 0 unspecified atom stereocenters. The molecule has 0 saturated heterocycles. The van der Waals surface area contributed by atoms with E-state index in [0.717, 1.165) is 5.52 Å². The Hall–Kier alpha value is -1.19. The second-order valence-electron chi connectivity index (χ2n) is 3.13. The van der Waals surface area contributed by atoms with Crippen molar-refractivity contribution >= 4 is 40.1 Å². The van der Waals surface area contributed by atoms with E-state index in [2.05, 4.69) is 0 Å². The molecule has 5 heteroatoms. The fourth-order valence-electron chi connectivity index (χ4n) is 1.54. The summed E-state index contributed by atoms with van der Waals surface area (Å²) in [5.41, 5.74) is 0.731. The summed E-state index contributed by atoms with van der Waals surface area (Å²) in [5, 5.41) is 10.4. The van der Waals surface area contributed by atoms with Gasteiger partial charge in [-0.05, 0) is 12.1 Å². The van der Waals surface area contributed by atoms with Gasteiger partial charge < -0.3 is 9.67 Å². The normalized spacial score (nSPS) is 10.8. The van der Waals surface area contributed by atoms with Crippen LogP contribution in [0.25, 0.3) is 10.9 Å². The average Bonchev–Trinajstić information content (AvgIpc) is 2.44. The number of benzene rings is 1. The molecule has 1 aromatic heterocycles. The lowest BCUT2D eigenvalue weighted by Gasteiger charge is -2.00. The van der Waals surface area contributed by atoms with E-state index < -0.39 is 5.97 Å². The van der Waals surface area contributed by atoms with Gasteiger partial charge in [0.2, 0.25) is 0 Å². The Morgan fingerprint density at radius 1 is 1.33 bits per heavy atom. The third kappa shape index (κ3) is 1.80. The monoisotopic (exact) mass is 243 g/mol. The van der Waals surface area contributed by atoms with Crippen LogP contribution in [0.5, 0.6) is 0 Å². The van der Waals surface area contributed by atoms with Gasteiger partial charge in [0.1, 0.15) is 6.54 Å². The van der Waals surface area contributed by atoms with Crippen molar-refractivity contribution in [3.8, 4) is 0 Å². The number of carboxylic acid groups (broad SMARTS) is 1. The largest absolute Gasteiger partial charge is 0.480 e. The second kappa shape index (κ2) is 3.76. The van der Waals surface area contributed by atoms with Crippen LogP contribution in [0.2, 0.25) is 10.0 Å². The molecule has 0 aliphatic rings. The standard InChI is InChI=1S/C10H7Cl2NO2/c11-6-2-1-3-8-10(6)7(12)4-13(8)5-9(14)15/h1-4H,5H2,(H,14,15). The lowest BCUT2D eigenvalue weighted by molar-refractivity contribution is -0.137. The topological polar surface area (TPSA) is 42.2 Å². The number of aliphatic carboxylic acids is 1. The molecular formula is C10H7Cl2NO2. The molecule has 0 aliphatic carbocycles. The molecule has 1 N–H and O–H groups in total. The Labute approximate surface area is 95.8 Å². The summed E-state index contributed by atoms with van der Waals surface area (Å²) in [4.78, 5) is 10.6. The van der Waals surface area contributed by atoms with Gasteiger partial charge in [0.05, 0.1) is 15.6 Å². The van der Waals surface area contributed by atoms with Crippen molar-refractivity contribution in [2.75, 3.05) is 0 Å². The van der Waals surface area contributed by atoms with Gasteiger partial charge in [-0.2, -0.15) is 0 Å². The van der Waals surface area contributed by atoms with E-state index in [1.807, 2.05) is 0 Å². The highest BCUT2D eigenvalue weighted by Gasteiger charge is 2.11. The van der Waals surface area contributed by atoms with Crippen LogP contribution in [0.3, 0.4) is 0 Å². The Kier molecular flexibility index (Phi) is 2.59. The second-order valence-corrected chi connectivity index (χ2v) is 3.95. The van der Waals surface area contributed by atoms with Crippen LogP contribution in [0.4, 0.5) is 0 Å². The van der Waals surface area contributed by atoms with Gasteiger partial charge in [0, 0.05) is 11.6 Å². The Morgan fingerprint density at radius 3 is 2.73 bits per heavy atom. The van der Waals surface area contributed by atoms with Crippen LogP contribution in [0.1, 0.15) is 0 Å². The summed E-state index contributed by atoms with van der Waals surface area (Å²) in [6.07, 6.45) is 1.58. The van der Waals surface area contributed by atoms with Gasteiger partial charge >= 0.3 is 5.97 Å². The van der Waals surface area contributed by atoms with Crippen LogP contribution < -0.4 is 0 Å². The molecule has 0 spiro atoms. The van der Waals surface area contributed by atoms with Crippen LogP contribution >= 0.6 is 23.2 Å². The Morgan fingerprint density at radius 2 is 2.07 bits per heavy atom. The molecule has 0 bridgehead atoms. The quantitative estimate of drug-likeness (QED) is 0.882. The molecule has 15 heavy (non-hydrogen) atoms. The minimum atomic E-state index is -0.913. The van der Waals surface area contributed by atoms with Gasteiger partial charge in [-0.15, -0.1) is 0 Å². The van der Waals surface area contributed by atoms with Gasteiger partial charge in [0.25, 0.3) is 0 Å².